The van der Waals surface area contributed by atoms with Gasteiger partial charge in [-0.15, -0.1) is 0 Å². The van der Waals surface area contributed by atoms with E-state index in [1.807, 2.05) is 24.3 Å². The van der Waals surface area contributed by atoms with Gasteiger partial charge in [0.1, 0.15) is 17.4 Å². The van der Waals surface area contributed by atoms with Crippen molar-refractivity contribution in [2.75, 3.05) is 0 Å². The highest BCUT2D eigenvalue weighted by Gasteiger charge is 2.20. The third-order valence-corrected chi connectivity index (χ3v) is 3.62. The molecule has 0 spiro atoms. The third kappa shape index (κ3) is 2.30. The number of para-hydroxylation sites is 1. The molecule has 2 aromatic carbocycles. The number of benzene rings is 2. The largest absolute Gasteiger partial charge is 0.338 e. The molecular weight excluding hydrogens is 258 g/mol. The van der Waals surface area contributed by atoms with Crippen LogP contribution in [0.1, 0.15) is 31.9 Å². The highest BCUT2D eigenvalue weighted by molar-refractivity contribution is 5.85. The van der Waals surface area contributed by atoms with Crippen molar-refractivity contribution in [1.82, 2.24) is 9.97 Å². The Morgan fingerprint density at radius 1 is 1.05 bits per heavy atom. The highest BCUT2D eigenvalue weighted by atomic mass is 14.9. The Labute approximate surface area is 124 Å². The van der Waals surface area contributed by atoms with E-state index in [0.29, 0.717) is 5.56 Å². The van der Waals surface area contributed by atoms with Gasteiger partial charge in [-0.3, -0.25) is 0 Å². The van der Waals surface area contributed by atoms with Gasteiger partial charge in [-0.1, -0.05) is 51.1 Å². The van der Waals surface area contributed by atoms with Crippen molar-refractivity contribution < 1.29 is 0 Å². The molecule has 0 amide bonds. The smallest absolute Gasteiger partial charge is 0.138 e. The molecule has 0 aliphatic rings. The third-order valence-electron chi connectivity index (χ3n) is 3.62. The Morgan fingerprint density at radius 3 is 2.52 bits per heavy atom. The number of aromatic amines is 1. The molecule has 0 fully saturated rings. The van der Waals surface area contributed by atoms with Crippen LogP contribution in [0.25, 0.3) is 22.4 Å². The van der Waals surface area contributed by atoms with Crippen molar-refractivity contribution in [1.29, 1.82) is 5.26 Å². The summed E-state index contributed by atoms with van der Waals surface area (Å²) >= 11 is 0. The molecule has 1 N–H and O–H groups in total. The van der Waals surface area contributed by atoms with Gasteiger partial charge in [0, 0.05) is 5.56 Å². The zero-order valence-electron chi connectivity index (χ0n) is 12.4. The normalized spacial score (nSPS) is 11.5. The van der Waals surface area contributed by atoms with Crippen molar-refractivity contribution in [3.63, 3.8) is 0 Å². The van der Waals surface area contributed by atoms with Crippen molar-refractivity contribution in [2.24, 2.45) is 0 Å². The summed E-state index contributed by atoms with van der Waals surface area (Å²) in [5, 5.41) is 9.20. The van der Waals surface area contributed by atoms with E-state index in [-0.39, 0.29) is 5.41 Å². The van der Waals surface area contributed by atoms with Crippen LogP contribution in [0.3, 0.4) is 0 Å². The van der Waals surface area contributed by atoms with E-state index >= 15 is 0 Å². The van der Waals surface area contributed by atoms with E-state index in [2.05, 4.69) is 48.9 Å². The molecule has 21 heavy (non-hydrogen) atoms. The number of nitriles is 1. The maximum absolute atomic E-state index is 9.20. The van der Waals surface area contributed by atoms with Crippen LogP contribution >= 0.6 is 0 Å². The first-order chi connectivity index (χ1) is 10.0. The average Bonchev–Trinajstić information content (AvgIpc) is 2.90. The summed E-state index contributed by atoms with van der Waals surface area (Å²) in [6.07, 6.45) is 0. The molecule has 0 unspecified atom stereocenters. The standard InChI is InChI=1S/C18H17N3/c1-18(2,3)14-9-5-4-8-13(14)17-20-15-10-6-7-12(11-19)16(15)21-17/h4-10H,1-3H3,(H,20,21). The maximum atomic E-state index is 9.20. The van der Waals surface area contributed by atoms with Crippen LogP contribution in [0.4, 0.5) is 0 Å². The van der Waals surface area contributed by atoms with Gasteiger partial charge < -0.3 is 4.98 Å². The predicted molar refractivity (Wildman–Crippen MR) is 84.9 cm³/mol. The zero-order chi connectivity index (χ0) is 15.0. The second kappa shape index (κ2) is 4.75. The second-order valence-corrected chi connectivity index (χ2v) is 6.19. The Balaban J connectivity index is 2.25. The Kier molecular flexibility index (Phi) is 3.03. The molecule has 0 saturated carbocycles. The number of aromatic nitrogens is 2. The predicted octanol–water partition coefficient (Wildman–Crippen LogP) is 4.40. The second-order valence-electron chi connectivity index (χ2n) is 6.19. The number of nitrogens with zero attached hydrogens (tertiary/aromatic N) is 2. The Morgan fingerprint density at radius 2 is 1.81 bits per heavy atom. The first-order valence-electron chi connectivity index (χ1n) is 6.99. The first-order valence-corrected chi connectivity index (χ1v) is 6.99. The van der Waals surface area contributed by atoms with E-state index in [9.17, 15) is 5.26 Å². The molecule has 0 aliphatic heterocycles. The van der Waals surface area contributed by atoms with Gasteiger partial charge in [0.15, 0.2) is 0 Å². The number of nitrogens with one attached hydrogen (secondary N) is 1. The first kappa shape index (κ1) is 13.4. The van der Waals surface area contributed by atoms with Gasteiger partial charge in [0.2, 0.25) is 0 Å². The lowest BCUT2D eigenvalue weighted by atomic mass is 9.83. The SMILES string of the molecule is CC(C)(C)c1ccccc1-c1nc2c(C#N)cccc2[nH]1. The molecule has 0 radical (unpaired) electrons. The van der Waals surface area contributed by atoms with E-state index in [1.54, 1.807) is 6.07 Å². The van der Waals surface area contributed by atoms with E-state index in [1.165, 1.54) is 5.56 Å². The lowest BCUT2D eigenvalue weighted by molar-refractivity contribution is 0.591. The van der Waals surface area contributed by atoms with Gasteiger partial charge >= 0.3 is 0 Å². The molecule has 3 nitrogen and oxygen atoms in total. The maximum Gasteiger partial charge on any atom is 0.138 e. The van der Waals surface area contributed by atoms with E-state index < -0.39 is 0 Å². The molecule has 104 valence electrons. The number of hydrogen-bond acceptors (Lipinski definition) is 2. The Bertz CT molecular complexity index is 845. The average molecular weight is 275 g/mol. The number of hydrogen-bond donors (Lipinski definition) is 1. The molecule has 0 bridgehead atoms. The minimum Gasteiger partial charge on any atom is -0.338 e. The van der Waals surface area contributed by atoms with E-state index in [4.69, 9.17) is 0 Å². The van der Waals surface area contributed by atoms with Gasteiger partial charge in [0.25, 0.3) is 0 Å². The van der Waals surface area contributed by atoms with Crippen LogP contribution in [0.2, 0.25) is 0 Å². The van der Waals surface area contributed by atoms with Gasteiger partial charge in [-0.25, -0.2) is 4.98 Å². The number of imidazole rings is 1. The van der Waals surface area contributed by atoms with Crippen LogP contribution < -0.4 is 0 Å². The van der Waals surface area contributed by atoms with Crippen LogP contribution in [0, 0.1) is 11.3 Å². The summed E-state index contributed by atoms with van der Waals surface area (Å²) in [7, 11) is 0. The fraction of sp³-hybridized carbons (Fsp3) is 0.222. The Hall–Kier alpha value is -2.60. The minimum atomic E-state index is 0.0353. The van der Waals surface area contributed by atoms with Crippen LogP contribution in [-0.4, -0.2) is 9.97 Å². The van der Waals surface area contributed by atoms with Gasteiger partial charge in [-0.05, 0) is 23.1 Å². The summed E-state index contributed by atoms with van der Waals surface area (Å²) < 4.78 is 0. The molecule has 0 atom stereocenters. The van der Waals surface area contributed by atoms with Gasteiger partial charge in [0.05, 0.1) is 11.1 Å². The number of rotatable bonds is 1. The molecule has 0 saturated heterocycles. The minimum absolute atomic E-state index is 0.0353. The van der Waals surface area contributed by atoms with Crippen molar-refractivity contribution >= 4 is 11.0 Å². The molecule has 3 aromatic rings. The highest BCUT2D eigenvalue weighted by Crippen LogP contribution is 2.32. The quantitative estimate of drug-likeness (QED) is 0.715. The fourth-order valence-corrected chi connectivity index (χ4v) is 2.59. The summed E-state index contributed by atoms with van der Waals surface area (Å²) in [5.41, 5.74) is 4.59. The topological polar surface area (TPSA) is 52.5 Å². The molecule has 3 rings (SSSR count). The van der Waals surface area contributed by atoms with Gasteiger partial charge in [-0.2, -0.15) is 5.26 Å². The number of H-pyrrole nitrogens is 1. The molecule has 1 heterocycles. The summed E-state index contributed by atoms with van der Waals surface area (Å²) in [5.74, 6) is 0.818. The van der Waals surface area contributed by atoms with Crippen molar-refractivity contribution in [2.45, 2.75) is 26.2 Å². The fourth-order valence-electron chi connectivity index (χ4n) is 2.59. The zero-order valence-corrected chi connectivity index (χ0v) is 12.4. The summed E-state index contributed by atoms with van der Waals surface area (Å²) in [4.78, 5) is 7.99. The van der Waals surface area contributed by atoms with Crippen molar-refractivity contribution in [3.8, 4) is 17.5 Å². The van der Waals surface area contributed by atoms with Crippen LogP contribution in [-0.2, 0) is 5.41 Å². The van der Waals surface area contributed by atoms with Crippen LogP contribution in [0.5, 0.6) is 0 Å². The summed E-state index contributed by atoms with van der Waals surface area (Å²) in [6.45, 7) is 6.57. The van der Waals surface area contributed by atoms with Crippen molar-refractivity contribution in [3.05, 3.63) is 53.6 Å². The van der Waals surface area contributed by atoms with Crippen LogP contribution in [0.15, 0.2) is 42.5 Å². The monoisotopic (exact) mass is 275 g/mol. The molecule has 1 aromatic heterocycles. The summed E-state index contributed by atoms with van der Waals surface area (Å²) in [6, 6.07) is 16.1. The number of fused-ring (bicyclic) bond motifs is 1. The molecule has 0 aliphatic carbocycles. The molecule has 3 heteroatoms. The lowest BCUT2D eigenvalue weighted by Crippen LogP contribution is -2.12. The van der Waals surface area contributed by atoms with E-state index in [0.717, 1.165) is 22.4 Å². The lowest BCUT2D eigenvalue weighted by Gasteiger charge is -2.21. The molecular formula is C18H17N3.